The highest BCUT2D eigenvalue weighted by Gasteiger charge is 1.88. The van der Waals surface area contributed by atoms with Gasteiger partial charge in [-0.1, -0.05) is 34.1 Å². The maximum absolute atomic E-state index is 9.57. The van der Waals surface area contributed by atoms with E-state index in [-0.39, 0.29) is 6.42 Å². The van der Waals surface area contributed by atoms with Crippen LogP contribution in [0.15, 0.2) is 36.5 Å². The van der Waals surface area contributed by atoms with E-state index in [1.54, 1.807) is 0 Å². The highest BCUT2D eigenvalue weighted by Crippen LogP contribution is 2.09. The minimum absolute atomic E-state index is 0.208. The van der Waals surface area contributed by atoms with Crippen molar-refractivity contribution in [1.82, 2.24) is 4.98 Å². The number of fused-ring (bicyclic) bond motifs is 1. The third-order valence-electron chi connectivity index (χ3n) is 1.77. The Labute approximate surface area is 96.2 Å². The first-order chi connectivity index (χ1) is 7.24. The number of halogens is 1. The van der Waals surface area contributed by atoms with Crippen LogP contribution in [0.3, 0.4) is 0 Å². The van der Waals surface area contributed by atoms with E-state index < -0.39 is 5.97 Å². The molecule has 15 heavy (non-hydrogen) atoms. The lowest BCUT2D eigenvalue weighted by Crippen LogP contribution is -1.92. The third-order valence-corrected chi connectivity index (χ3v) is 2.17. The number of para-hydroxylation sites is 1. The number of carboxylic acids is 1. The number of nitrogens with one attached hydrogen (secondary N) is 1. The van der Waals surface area contributed by atoms with Crippen LogP contribution in [0.5, 0.6) is 0 Å². The van der Waals surface area contributed by atoms with Crippen molar-refractivity contribution >= 4 is 32.8 Å². The van der Waals surface area contributed by atoms with Gasteiger partial charge in [0.2, 0.25) is 0 Å². The van der Waals surface area contributed by atoms with Gasteiger partial charge in [-0.3, -0.25) is 4.79 Å². The van der Waals surface area contributed by atoms with E-state index in [9.17, 15) is 4.79 Å². The fourth-order valence-corrected chi connectivity index (χ4v) is 1.42. The average Bonchev–Trinajstić information content (AvgIpc) is 2.65. The largest absolute Gasteiger partial charge is 0.481 e. The predicted molar refractivity (Wildman–Crippen MR) is 64.3 cm³/mol. The molecular formula is C11H12BrNO2. The third kappa shape index (κ3) is 4.16. The zero-order valence-corrected chi connectivity index (χ0v) is 9.70. The molecule has 0 aliphatic heterocycles. The summed E-state index contributed by atoms with van der Waals surface area (Å²) in [7, 11) is 0. The highest BCUT2D eigenvalue weighted by molar-refractivity contribution is 9.09. The van der Waals surface area contributed by atoms with E-state index in [0.717, 1.165) is 0 Å². The van der Waals surface area contributed by atoms with Gasteiger partial charge in [-0.15, -0.1) is 0 Å². The SMILES string of the molecule is O=C(O)CCBr.c1ccc2[nH]ccc2c1. The molecule has 0 fully saturated rings. The lowest BCUT2D eigenvalue weighted by atomic mass is 10.3. The zero-order valence-electron chi connectivity index (χ0n) is 8.11. The number of hydrogen-bond donors (Lipinski definition) is 2. The topological polar surface area (TPSA) is 53.1 Å². The lowest BCUT2D eigenvalue weighted by Gasteiger charge is -1.83. The maximum atomic E-state index is 9.57. The number of aromatic nitrogens is 1. The molecule has 1 aromatic carbocycles. The Balaban J connectivity index is 0.000000167. The summed E-state index contributed by atoms with van der Waals surface area (Å²) in [6.45, 7) is 0. The van der Waals surface area contributed by atoms with Crippen molar-refractivity contribution in [2.24, 2.45) is 0 Å². The quantitative estimate of drug-likeness (QED) is 0.824. The fraction of sp³-hybridized carbons (Fsp3) is 0.182. The van der Waals surface area contributed by atoms with Gasteiger partial charge in [0.05, 0.1) is 6.42 Å². The number of carboxylic acid groups (broad SMARTS) is 1. The molecule has 0 unspecified atom stereocenters. The molecule has 2 rings (SSSR count). The molecule has 0 saturated carbocycles. The number of aliphatic carboxylic acids is 1. The molecule has 4 heteroatoms. The summed E-state index contributed by atoms with van der Waals surface area (Å²) in [6.07, 6.45) is 2.16. The van der Waals surface area contributed by atoms with Crippen molar-refractivity contribution in [2.45, 2.75) is 6.42 Å². The van der Waals surface area contributed by atoms with E-state index in [4.69, 9.17) is 5.11 Å². The molecule has 0 atom stereocenters. The number of benzene rings is 1. The molecule has 0 amide bonds. The Morgan fingerprint density at radius 2 is 2.07 bits per heavy atom. The average molecular weight is 270 g/mol. The van der Waals surface area contributed by atoms with E-state index in [2.05, 4.69) is 39.1 Å². The minimum Gasteiger partial charge on any atom is -0.481 e. The van der Waals surface area contributed by atoms with Crippen molar-refractivity contribution in [1.29, 1.82) is 0 Å². The van der Waals surface area contributed by atoms with Crippen LogP contribution in [0.2, 0.25) is 0 Å². The van der Waals surface area contributed by atoms with Crippen LogP contribution >= 0.6 is 15.9 Å². The summed E-state index contributed by atoms with van der Waals surface area (Å²) in [5.74, 6) is -0.758. The predicted octanol–water partition coefficient (Wildman–Crippen LogP) is 3.02. The van der Waals surface area contributed by atoms with Crippen molar-refractivity contribution in [3.63, 3.8) is 0 Å². The van der Waals surface area contributed by atoms with Gasteiger partial charge in [0.1, 0.15) is 0 Å². The smallest absolute Gasteiger partial charge is 0.304 e. The highest BCUT2D eigenvalue weighted by atomic mass is 79.9. The summed E-state index contributed by atoms with van der Waals surface area (Å²) in [5.41, 5.74) is 1.21. The summed E-state index contributed by atoms with van der Waals surface area (Å²) in [6, 6.07) is 10.3. The summed E-state index contributed by atoms with van der Waals surface area (Å²) < 4.78 is 0. The number of hydrogen-bond acceptors (Lipinski definition) is 1. The van der Waals surface area contributed by atoms with Gasteiger partial charge in [0, 0.05) is 17.0 Å². The summed E-state index contributed by atoms with van der Waals surface area (Å²) >= 11 is 2.97. The van der Waals surface area contributed by atoms with Crippen LogP contribution in [0, 0.1) is 0 Å². The van der Waals surface area contributed by atoms with E-state index in [1.807, 2.05) is 18.3 Å². The van der Waals surface area contributed by atoms with Crippen LogP contribution in [-0.4, -0.2) is 21.4 Å². The summed E-state index contributed by atoms with van der Waals surface area (Å²) in [4.78, 5) is 12.7. The molecule has 0 spiro atoms. The Morgan fingerprint density at radius 3 is 2.60 bits per heavy atom. The van der Waals surface area contributed by atoms with Crippen LogP contribution in [-0.2, 0) is 4.79 Å². The van der Waals surface area contributed by atoms with Gasteiger partial charge in [-0.05, 0) is 17.5 Å². The van der Waals surface area contributed by atoms with Crippen LogP contribution in [0.4, 0.5) is 0 Å². The van der Waals surface area contributed by atoms with Crippen molar-refractivity contribution in [3.8, 4) is 0 Å². The Bertz CT molecular complexity index is 395. The number of alkyl halides is 1. The molecular weight excluding hydrogens is 258 g/mol. The molecule has 1 heterocycles. The first-order valence-corrected chi connectivity index (χ1v) is 5.66. The molecule has 0 aliphatic carbocycles. The van der Waals surface area contributed by atoms with Crippen molar-refractivity contribution < 1.29 is 9.90 Å². The van der Waals surface area contributed by atoms with Gasteiger partial charge < -0.3 is 10.1 Å². The molecule has 80 valence electrons. The number of H-pyrrole nitrogens is 1. The number of aromatic amines is 1. The molecule has 0 radical (unpaired) electrons. The van der Waals surface area contributed by atoms with Crippen LogP contribution in [0.25, 0.3) is 10.9 Å². The monoisotopic (exact) mass is 269 g/mol. The van der Waals surface area contributed by atoms with Crippen LogP contribution < -0.4 is 0 Å². The molecule has 0 saturated heterocycles. The lowest BCUT2D eigenvalue weighted by molar-refractivity contribution is -0.136. The molecule has 3 nitrogen and oxygen atoms in total. The van der Waals surface area contributed by atoms with Crippen molar-refractivity contribution in [3.05, 3.63) is 36.5 Å². The standard InChI is InChI=1S/C8H7N.C3H5BrO2/c1-2-4-8-7(3-1)5-6-9-8;4-2-1-3(5)6/h1-6,9H;1-2H2,(H,5,6). The van der Waals surface area contributed by atoms with Gasteiger partial charge in [-0.2, -0.15) is 0 Å². The molecule has 0 aliphatic rings. The second-order valence-corrected chi connectivity index (χ2v) is 3.69. The maximum Gasteiger partial charge on any atom is 0.304 e. The number of carbonyl (C=O) groups is 1. The minimum atomic E-state index is -0.758. The summed E-state index contributed by atoms with van der Waals surface area (Å²) in [5, 5.41) is 9.70. The second-order valence-electron chi connectivity index (χ2n) is 2.90. The normalized spacial score (nSPS) is 9.40. The first-order valence-electron chi connectivity index (χ1n) is 4.54. The van der Waals surface area contributed by atoms with Gasteiger partial charge >= 0.3 is 5.97 Å². The molecule has 2 aromatic rings. The van der Waals surface area contributed by atoms with E-state index >= 15 is 0 Å². The Kier molecular flexibility index (Phi) is 4.90. The zero-order chi connectivity index (χ0) is 11.1. The Hall–Kier alpha value is -1.29. The van der Waals surface area contributed by atoms with Gasteiger partial charge in [0.15, 0.2) is 0 Å². The van der Waals surface area contributed by atoms with Gasteiger partial charge in [-0.25, -0.2) is 0 Å². The fourth-order valence-electron chi connectivity index (χ4n) is 1.08. The Morgan fingerprint density at radius 1 is 1.33 bits per heavy atom. The van der Waals surface area contributed by atoms with E-state index in [0.29, 0.717) is 5.33 Å². The molecule has 1 aromatic heterocycles. The first kappa shape index (κ1) is 11.8. The molecule has 0 bridgehead atoms. The van der Waals surface area contributed by atoms with Gasteiger partial charge in [0.25, 0.3) is 0 Å². The van der Waals surface area contributed by atoms with Crippen molar-refractivity contribution in [2.75, 3.05) is 5.33 Å². The second kappa shape index (κ2) is 6.24. The molecule has 2 N–H and O–H groups in total. The number of rotatable bonds is 2. The van der Waals surface area contributed by atoms with Crippen LogP contribution in [0.1, 0.15) is 6.42 Å². The van der Waals surface area contributed by atoms with E-state index in [1.165, 1.54) is 10.9 Å².